The molecule has 0 bridgehead atoms. The molecular weight excluding hydrogens is 416 g/mol. The third-order valence-corrected chi connectivity index (χ3v) is 5.39. The predicted octanol–water partition coefficient (Wildman–Crippen LogP) is 5.66. The summed E-state index contributed by atoms with van der Waals surface area (Å²) in [6.07, 6.45) is -5.95. The minimum absolute atomic E-state index is 0.0153. The maximum Gasteiger partial charge on any atom is 0.416 e. The first-order valence-corrected chi connectivity index (χ1v) is 9.97. The Balaban J connectivity index is 2.19. The minimum Gasteiger partial charge on any atom is -0.358 e. The zero-order valence-electron chi connectivity index (χ0n) is 16.3. The number of likely N-dealkylation sites (N-methyl/N-ethyl adjacent to an activating group) is 1. The summed E-state index contributed by atoms with van der Waals surface area (Å²) in [5, 5.41) is 5.63. The van der Waals surface area contributed by atoms with Crippen LogP contribution < -0.4 is 10.6 Å². The first-order chi connectivity index (χ1) is 13.5. The van der Waals surface area contributed by atoms with Crippen molar-refractivity contribution in [3.63, 3.8) is 0 Å². The maximum atomic E-state index is 13.0. The quantitative estimate of drug-likeness (QED) is 0.455. The summed E-state index contributed by atoms with van der Waals surface area (Å²) in [5.41, 5.74) is -3.10. The second-order valence-electron chi connectivity index (χ2n) is 7.07. The van der Waals surface area contributed by atoms with Crippen LogP contribution in [0.15, 0.2) is 18.2 Å². The number of halogens is 6. The molecule has 1 aliphatic carbocycles. The number of hydrogen-bond acceptors (Lipinski definition) is 2. The highest BCUT2D eigenvalue weighted by Gasteiger charge is 2.37. The zero-order valence-corrected chi connectivity index (χ0v) is 17.1. The molecule has 164 valence electrons. The van der Waals surface area contributed by atoms with Gasteiger partial charge in [-0.25, -0.2) is 0 Å². The molecule has 1 fully saturated rings. The Morgan fingerprint density at radius 3 is 1.97 bits per heavy atom. The third-order valence-electron chi connectivity index (χ3n) is 5.17. The van der Waals surface area contributed by atoms with Gasteiger partial charge in [0.1, 0.15) is 0 Å². The lowest BCUT2D eigenvalue weighted by molar-refractivity contribution is -0.143. The topological polar surface area (TPSA) is 27.3 Å². The van der Waals surface area contributed by atoms with Crippen LogP contribution in [0.5, 0.6) is 0 Å². The second-order valence-corrected chi connectivity index (χ2v) is 7.48. The summed E-state index contributed by atoms with van der Waals surface area (Å²) in [7, 11) is 0. The molecule has 10 heteroatoms. The van der Waals surface area contributed by atoms with E-state index in [2.05, 4.69) is 15.5 Å². The molecule has 0 radical (unpaired) electrons. The highest BCUT2D eigenvalue weighted by Crippen LogP contribution is 2.37. The number of hydrogen-bond donors (Lipinski definition) is 2. The molecule has 0 aliphatic heterocycles. The van der Waals surface area contributed by atoms with Crippen LogP contribution in [0, 0.1) is 0 Å². The van der Waals surface area contributed by atoms with Gasteiger partial charge in [0, 0.05) is 17.8 Å². The van der Waals surface area contributed by atoms with Crippen molar-refractivity contribution in [3.05, 3.63) is 29.3 Å². The molecule has 0 unspecified atom stereocenters. The van der Waals surface area contributed by atoms with Crippen LogP contribution in [0.3, 0.4) is 0 Å². The monoisotopic (exact) mass is 441 g/mol. The predicted molar refractivity (Wildman–Crippen MR) is 105 cm³/mol. The van der Waals surface area contributed by atoms with Crippen LogP contribution in [0.4, 0.5) is 32.0 Å². The molecule has 0 spiro atoms. The molecule has 0 saturated heterocycles. The summed E-state index contributed by atoms with van der Waals surface area (Å²) in [6.45, 7) is 5.80. The molecule has 1 saturated carbocycles. The Hall–Kier alpha value is -1.55. The van der Waals surface area contributed by atoms with E-state index in [9.17, 15) is 26.3 Å². The first-order valence-electron chi connectivity index (χ1n) is 9.56. The van der Waals surface area contributed by atoms with E-state index in [0.29, 0.717) is 12.1 Å². The number of anilines is 1. The van der Waals surface area contributed by atoms with Gasteiger partial charge in [0.05, 0.1) is 11.1 Å². The van der Waals surface area contributed by atoms with Crippen molar-refractivity contribution in [1.29, 1.82) is 0 Å². The van der Waals surface area contributed by atoms with Gasteiger partial charge < -0.3 is 10.6 Å². The van der Waals surface area contributed by atoms with Crippen molar-refractivity contribution in [1.82, 2.24) is 10.2 Å². The Bertz CT molecular complexity index is 668. The van der Waals surface area contributed by atoms with E-state index in [1.807, 2.05) is 13.8 Å². The van der Waals surface area contributed by atoms with Crippen LogP contribution in [0.2, 0.25) is 0 Å². The van der Waals surface area contributed by atoms with E-state index >= 15 is 0 Å². The molecule has 1 aromatic rings. The molecule has 3 nitrogen and oxygen atoms in total. The number of rotatable bonds is 5. The molecular formula is C19H25F6N3S. The number of thiocarbonyl (C=S) groups is 1. The number of nitrogens with one attached hydrogen (secondary N) is 2. The van der Waals surface area contributed by atoms with Gasteiger partial charge in [-0.15, -0.1) is 0 Å². The van der Waals surface area contributed by atoms with Gasteiger partial charge in [-0.3, -0.25) is 4.90 Å². The van der Waals surface area contributed by atoms with Crippen LogP contribution in [-0.2, 0) is 12.4 Å². The number of nitrogens with zero attached hydrogens (tertiary/aromatic N) is 1. The Morgan fingerprint density at radius 1 is 0.966 bits per heavy atom. The molecule has 0 heterocycles. The van der Waals surface area contributed by atoms with Crippen molar-refractivity contribution < 1.29 is 26.3 Å². The molecule has 29 heavy (non-hydrogen) atoms. The SMILES string of the molecule is CCN(CC)[C@@H]1CCCC[C@H]1NC(=S)Nc1cc(C(F)(F)F)cc(C(F)(F)F)c1. The van der Waals surface area contributed by atoms with Crippen molar-refractivity contribution in [2.75, 3.05) is 18.4 Å². The molecule has 0 amide bonds. The summed E-state index contributed by atoms with van der Waals surface area (Å²) in [6, 6.07) is 1.55. The molecule has 1 aliphatic rings. The Labute approximate surface area is 171 Å². The highest BCUT2D eigenvalue weighted by molar-refractivity contribution is 7.80. The van der Waals surface area contributed by atoms with Gasteiger partial charge in [-0.05, 0) is 56.3 Å². The van der Waals surface area contributed by atoms with E-state index in [1.54, 1.807) is 0 Å². The maximum absolute atomic E-state index is 13.0. The average Bonchev–Trinajstić information content (AvgIpc) is 2.62. The van der Waals surface area contributed by atoms with Crippen LogP contribution in [0.25, 0.3) is 0 Å². The van der Waals surface area contributed by atoms with Gasteiger partial charge in [-0.1, -0.05) is 26.7 Å². The Morgan fingerprint density at radius 2 is 1.48 bits per heavy atom. The van der Waals surface area contributed by atoms with E-state index in [0.717, 1.165) is 38.8 Å². The molecule has 0 aromatic heterocycles. The van der Waals surface area contributed by atoms with Gasteiger partial charge in [-0.2, -0.15) is 26.3 Å². The van der Waals surface area contributed by atoms with Crippen molar-refractivity contribution >= 4 is 23.0 Å². The van der Waals surface area contributed by atoms with E-state index in [-0.39, 0.29) is 28.9 Å². The van der Waals surface area contributed by atoms with Crippen molar-refractivity contribution in [2.45, 2.75) is 64.0 Å². The van der Waals surface area contributed by atoms with Gasteiger partial charge in [0.15, 0.2) is 5.11 Å². The fourth-order valence-corrected chi connectivity index (χ4v) is 4.04. The second kappa shape index (κ2) is 9.51. The van der Waals surface area contributed by atoms with Gasteiger partial charge in [0.25, 0.3) is 0 Å². The summed E-state index contributed by atoms with van der Waals surface area (Å²) >= 11 is 5.20. The Kier molecular flexibility index (Phi) is 7.78. The standard InChI is InChI=1S/C19H25F6N3S/c1-3-28(4-2)16-8-6-5-7-15(16)27-17(29)26-14-10-12(18(20,21)22)9-13(11-14)19(23,24)25/h9-11,15-16H,3-8H2,1-2H3,(H2,26,27,29)/t15-,16-/m1/s1. The lowest BCUT2D eigenvalue weighted by atomic mass is 9.89. The number of benzene rings is 1. The number of alkyl halides is 6. The molecule has 1 aromatic carbocycles. The van der Waals surface area contributed by atoms with Gasteiger partial charge in [0.2, 0.25) is 0 Å². The van der Waals surface area contributed by atoms with Gasteiger partial charge >= 0.3 is 12.4 Å². The molecule has 2 atom stereocenters. The van der Waals surface area contributed by atoms with Crippen LogP contribution in [-0.4, -0.2) is 35.2 Å². The van der Waals surface area contributed by atoms with Crippen molar-refractivity contribution in [2.24, 2.45) is 0 Å². The summed E-state index contributed by atoms with van der Waals surface area (Å²) in [5.74, 6) is 0. The molecule has 2 N–H and O–H groups in total. The highest BCUT2D eigenvalue weighted by atomic mass is 32.1. The zero-order chi connectivity index (χ0) is 21.8. The summed E-state index contributed by atoms with van der Waals surface area (Å²) in [4.78, 5) is 2.28. The van der Waals surface area contributed by atoms with E-state index < -0.39 is 23.5 Å². The smallest absolute Gasteiger partial charge is 0.358 e. The first kappa shape index (κ1) is 23.7. The lowest BCUT2D eigenvalue weighted by Gasteiger charge is -2.40. The minimum atomic E-state index is -4.90. The fraction of sp³-hybridized carbons (Fsp3) is 0.632. The van der Waals surface area contributed by atoms with Crippen LogP contribution >= 0.6 is 12.2 Å². The van der Waals surface area contributed by atoms with Crippen LogP contribution in [0.1, 0.15) is 50.7 Å². The normalized spacial score (nSPS) is 20.6. The van der Waals surface area contributed by atoms with Crippen molar-refractivity contribution in [3.8, 4) is 0 Å². The lowest BCUT2D eigenvalue weighted by Crippen LogP contribution is -2.54. The van der Waals surface area contributed by atoms with E-state index in [4.69, 9.17) is 12.2 Å². The largest absolute Gasteiger partial charge is 0.416 e. The summed E-state index contributed by atoms with van der Waals surface area (Å²) < 4.78 is 78.1. The van der Waals surface area contributed by atoms with E-state index in [1.165, 1.54) is 0 Å². The average molecular weight is 441 g/mol. The third kappa shape index (κ3) is 6.47. The fourth-order valence-electron chi connectivity index (χ4n) is 3.77. The molecule has 2 rings (SSSR count).